The summed E-state index contributed by atoms with van der Waals surface area (Å²) in [5, 5.41) is 1.01. The highest BCUT2D eigenvalue weighted by atomic mass is 16.5. The number of fused-ring (bicyclic) bond motifs is 1. The van der Waals surface area contributed by atoms with Crippen molar-refractivity contribution in [3.05, 3.63) is 24.5 Å². The highest BCUT2D eigenvalue weighted by molar-refractivity contribution is 5.91. The van der Waals surface area contributed by atoms with Crippen LogP contribution in [0, 0.1) is 0 Å². The molecule has 1 atom stereocenters. The Balaban J connectivity index is 2.12. The largest absolute Gasteiger partial charge is 0.399 e. The van der Waals surface area contributed by atoms with Gasteiger partial charge in [-0.15, -0.1) is 0 Å². The molecule has 1 aliphatic heterocycles. The van der Waals surface area contributed by atoms with Gasteiger partial charge < -0.3 is 15.4 Å². The first kappa shape index (κ1) is 11.2. The molecule has 1 aliphatic rings. The fraction of sp³-hybridized carbons (Fsp3) is 0.385. The van der Waals surface area contributed by atoms with Gasteiger partial charge in [0.05, 0.1) is 24.8 Å². The van der Waals surface area contributed by atoms with E-state index in [0.717, 1.165) is 42.2 Å². The first-order chi connectivity index (χ1) is 8.75. The summed E-state index contributed by atoms with van der Waals surface area (Å²) in [6.45, 7) is 4.45. The van der Waals surface area contributed by atoms with E-state index in [1.807, 2.05) is 18.2 Å². The lowest BCUT2D eigenvalue weighted by Crippen LogP contribution is -2.44. The minimum atomic E-state index is 0.318. The van der Waals surface area contributed by atoms with Crippen LogP contribution in [0.25, 0.3) is 10.9 Å². The molecular weight excluding hydrogens is 228 g/mol. The maximum Gasteiger partial charge on any atom is 0.140 e. The minimum absolute atomic E-state index is 0.318. The van der Waals surface area contributed by atoms with Gasteiger partial charge in [0, 0.05) is 17.6 Å². The van der Waals surface area contributed by atoms with Crippen molar-refractivity contribution < 1.29 is 4.74 Å². The molecule has 18 heavy (non-hydrogen) atoms. The molecule has 0 spiro atoms. The van der Waals surface area contributed by atoms with Gasteiger partial charge in [-0.3, -0.25) is 0 Å². The Hall–Kier alpha value is -1.88. The number of nitrogen functional groups attached to an aromatic ring is 1. The predicted molar refractivity (Wildman–Crippen MR) is 71.6 cm³/mol. The quantitative estimate of drug-likeness (QED) is 0.769. The summed E-state index contributed by atoms with van der Waals surface area (Å²) in [4.78, 5) is 11.0. The average Bonchev–Trinajstić information content (AvgIpc) is 2.39. The molecule has 5 nitrogen and oxygen atoms in total. The van der Waals surface area contributed by atoms with Gasteiger partial charge >= 0.3 is 0 Å². The highest BCUT2D eigenvalue weighted by Crippen LogP contribution is 2.27. The highest BCUT2D eigenvalue weighted by Gasteiger charge is 2.22. The van der Waals surface area contributed by atoms with Crippen molar-refractivity contribution >= 4 is 22.4 Å². The fourth-order valence-electron chi connectivity index (χ4n) is 2.33. The van der Waals surface area contributed by atoms with E-state index in [1.165, 1.54) is 0 Å². The van der Waals surface area contributed by atoms with E-state index in [-0.39, 0.29) is 0 Å². The maximum absolute atomic E-state index is 5.86. The number of ether oxygens (including phenoxy) is 1. The Bertz CT molecular complexity index is 572. The van der Waals surface area contributed by atoms with Crippen LogP contribution in [-0.4, -0.2) is 35.8 Å². The third-order valence-corrected chi connectivity index (χ3v) is 3.28. The number of hydrogen-bond acceptors (Lipinski definition) is 5. The topological polar surface area (TPSA) is 64.3 Å². The normalized spacial score (nSPS) is 20.3. The molecule has 1 saturated heterocycles. The predicted octanol–water partition coefficient (Wildman–Crippen LogP) is 1.44. The van der Waals surface area contributed by atoms with E-state index >= 15 is 0 Å². The van der Waals surface area contributed by atoms with Crippen molar-refractivity contribution in [2.75, 3.05) is 30.4 Å². The van der Waals surface area contributed by atoms with E-state index in [9.17, 15) is 0 Å². The zero-order valence-corrected chi connectivity index (χ0v) is 10.3. The van der Waals surface area contributed by atoms with Gasteiger partial charge in [-0.25, -0.2) is 9.97 Å². The van der Waals surface area contributed by atoms with Crippen LogP contribution in [0.4, 0.5) is 11.5 Å². The SMILES string of the molecule is CC1COCCN1c1ncnc2ccc(N)cc12. The summed E-state index contributed by atoms with van der Waals surface area (Å²) in [6.07, 6.45) is 1.61. The molecule has 2 N–H and O–H groups in total. The van der Waals surface area contributed by atoms with E-state index in [2.05, 4.69) is 21.8 Å². The molecule has 1 fully saturated rings. The second kappa shape index (κ2) is 4.42. The van der Waals surface area contributed by atoms with Crippen LogP contribution < -0.4 is 10.6 Å². The second-order valence-corrected chi connectivity index (χ2v) is 4.59. The zero-order valence-electron chi connectivity index (χ0n) is 10.3. The van der Waals surface area contributed by atoms with Crippen LogP contribution in [0.2, 0.25) is 0 Å². The van der Waals surface area contributed by atoms with Gasteiger partial charge in [0.1, 0.15) is 12.1 Å². The van der Waals surface area contributed by atoms with Crippen LogP contribution in [0.3, 0.4) is 0 Å². The lowest BCUT2D eigenvalue weighted by Gasteiger charge is -2.34. The van der Waals surface area contributed by atoms with Gasteiger partial charge in [-0.1, -0.05) is 0 Å². The molecule has 1 aromatic carbocycles. The van der Waals surface area contributed by atoms with Crippen molar-refractivity contribution in [2.24, 2.45) is 0 Å². The number of anilines is 2. The van der Waals surface area contributed by atoms with Crippen LogP contribution in [0.15, 0.2) is 24.5 Å². The lowest BCUT2D eigenvalue weighted by atomic mass is 10.1. The Morgan fingerprint density at radius 2 is 2.28 bits per heavy atom. The molecule has 0 aliphatic carbocycles. The molecule has 0 amide bonds. The summed E-state index contributed by atoms with van der Waals surface area (Å²) in [7, 11) is 0. The molecule has 0 saturated carbocycles. The molecule has 3 rings (SSSR count). The Morgan fingerprint density at radius 3 is 3.11 bits per heavy atom. The first-order valence-corrected chi connectivity index (χ1v) is 6.10. The van der Waals surface area contributed by atoms with Crippen molar-refractivity contribution in [3.8, 4) is 0 Å². The van der Waals surface area contributed by atoms with Gasteiger partial charge in [0.2, 0.25) is 0 Å². The number of nitrogens with zero attached hydrogens (tertiary/aromatic N) is 3. The molecule has 0 bridgehead atoms. The van der Waals surface area contributed by atoms with E-state index in [0.29, 0.717) is 6.04 Å². The van der Waals surface area contributed by atoms with Crippen LogP contribution >= 0.6 is 0 Å². The lowest BCUT2D eigenvalue weighted by molar-refractivity contribution is 0.0987. The third kappa shape index (κ3) is 1.86. The molecule has 2 heterocycles. The van der Waals surface area contributed by atoms with Crippen LogP contribution in [0.1, 0.15) is 6.92 Å². The Labute approximate surface area is 106 Å². The number of benzene rings is 1. The van der Waals surface area contributed by atoms with Crippen LogP contribution in [-0.2, 0) is 4.74 Å². The Kier molecular flexibility index (Phi) is 2.76. The van der Waals surface area contributed by atoms with Gasteiger partial charge in [0.25, 0.3) is 0 Å². The fourth-order valence-corrected chi connectivity index (χ4v) is 2.33. The van der Waals surface area contributed by atoms with Crippen molar-refractivity contribution in [1.29, 1.82) is 0 Å². The standard InChI is InChI=1S/C13H16N4O/c1-9-7-18-5-4-17(9)13-11-6-10(14)2-3-12(11)15-8-16-13/h2-3,6,8-9H,4-5,7,14H2,1H3. The number of rotatable bonds is 1. The first-order valence-electron chi connectivity index (χ1n) is 6.10. The van der Waals surface area contributed by atoms with Crippen molar-refractivity contribution in [1.82, 2.24) is 9.97 Å². The molecular formula is C13H16N4O. The van der Waals surface area contributed by atoms with Crippen LogP contribution in [0.5, 0.6) is 0 Å². The minimum Gasteiger partial charge on any atom is -0.399 e. The third-order valence-electron chi connectivity index (χ3n) is 3.28. The maximum atomic E-state index is 5.86. The summed E-state index contributed by atoms with van der Waals surface area (Å²) in [5.41, 5.74) is 7.52. The van der Waals surface area contributed by atoms with Gasteiger partial charge in [-0.2, -0.15) is 0 Å². The summed E-state index contributed by atoms with van der Waals surface area (Å²) >= 11 is 0. The summed E-state index contributed by atoms with van der Waals surface area (Å²) in [5.74, 6) is 0.947. The van der Waals surface area contributed by atoms with E-state index < -0.39 is 0 Å². The van der Waals surface area contributed by atoms with E-state index in [4.69, 9.17) is 10.5 Å². The number of nitrogens with two attached hydrogens (primary N) is 1. The average molecular weight is 244 g/mol. The molecule has 5 heteroatoms. The second-order valence-electron chi connectivity index (χ2n) is 4.59. The molecule has 94 valence electrons. The number of aromatic nitrogens is 2. The van der Waals surface area contributed by atoms with Gasteiger partial charge in [-0.05, 0) is 25.1 Å². The van der Waals surface area contributed by atoms with E-state index in [1.54, 1.807) is 6.33 Å². The van der Waals surface area contributed by atoms with Crippen molar-refractivity contribution in [3.63, 3.8) is 0 Å². The molecule has 1 unspecified atom stereocenters. The number of morpholine rings is 1. The Morgan fingerprint density at radius 1 is 1.39 bits per heavy atom. The monoisotopic (exact) mass is 244 g/mol. The smallest absolute Gasteiger partial charge is 0.140 e. The molecule has 2 aromatic rings. The number of hydrogen-bond donors (Lipinski definition) is 1. The summed E-state index contributed by atoms with van der Waals surface area (Å²) < 4.78 is 5.46. The van der Waals surface area contributed by atoms with Gasteiger partial charge in [0.15, 0.2) is 0 Å². The zero-order chi connectivity index (χ0) is 12.5. The molecule has 1 aromatic heterocycles. The van der Waals surface area contributed by atoms with Crippen molar-refractivity contribution in [2.45, 2.75) is 13.0 Å². The molecule has 0 radical (unpaired) electrons. The summed E-state index contributed by atoms with van der Waals surface area (Å²) in [6, 6.07) is 6.05.